The molecule has 0 aliphatic carbocycles. The Hall–Kier alpha value is -2.04. The number of benzene rings is 1. The van der Waals surface area contributed by atoms with E-state index in [1.54, 1.807) is 11.8 Å². The van der Waals surface area contributed by atoms with Gasteiger partial charge in [-0.15, -0.1) is 0 Å². The molecule has 5 heteroatoms. The van der Waals surface area contributed by atoms with Gasteiger partial charge in [0.25, 0.3) is 0 Å². The molecule has 0 aromatic heterocycles. The lowest BCUT2D eigenvalue weighted by molar-refractivity contribution is -0.117. The number of carbonyl (C=O) groups excluding carboxylic acids is 2. The molecule has 1 aliphatic heterocycles. The summed E-state index contributed by atoms with van der Waals surface area (Å²) in [6.07, 6.45) is 0.0890. The number of rotatable bonds is 2. The first-order valence-corrected chi connectivity index (χ1v) is 7.67. The van der Waals surface area contributed by atoms with Gasteiger partial charge >= 0.3 is 6.09 Å². The predicted octanol–water partition coefficient (Wildman–Crippen LogP) is 3.32. The van der Waals surface area contributed by atoms with Crippen molar-refractivity contribution in [1.82, 2.24) is 5.32 Å². The van der Waals surface area contributed by atoms with Crippen LogP contribution in [-0.2, 0) is 9.53 Å². The Morgan fingerprint density at radius 2 is 2.05 bits per heavy atom. The van der Waals surface area contributed by atoms with Gasteiger partial charge in [-0.1, -0.05) is 17.7 Å². The maximum atomic E-state index is 11.9. The number of nitrogens with zero attached hydrogens (tertiary/aromatic N) is 1. The van der Waals surface area contributed by atoms with E-state index in [2.05, 4.69) is 5.32 Å². The van der Waals surface area contributed by atoms with E-state index < -0.39 is 6.09 Å². The minimum Gasteiger partial charge on any atom is -0.447 e. The topological polar surface area (TPSA) is 58.6 Å². The summed E-state index contributed by atoms with van der Waals surface area (Å²) in [5.41, 5.74) is 2.93. The fraction of sp³-hybridized carbons (Fsp3) is 0.529. The molecule has 0 saturated heterocycles. The van der Waals surface area contributed by atoms with Gasteiger partial charge in [0, 0.05) is 18.7 Å². The first-order valence-electron chi connectivity index (χ1n) is 7.67. The molecule has 2 atom stereocenters. The number of alkyl carbamates (subject to hydrolysis) is 1. The van der Waals surface area contributed by atoms with Crippen molar-refractivity contribution in [2.75, 3.05) is 4.90 Å². The van der Waals surface area contributed by atoms with E-state index in [1.807, 2.05) is 45.9 Å². The summed E-state index contributed by atoms with van der Waals surface area (Å²) in [7, 11) is 0. The Kier molecular flexibility index (Phi) is 4.74. The van der Waals surface area contributed by atoms with Crippen molar-refractivity contribution < 1.29 is 14.3 Å². The Bertz CT molecular complexity index is 583. The van der Waals surface area contributed by atoms with Crippen molar-refractivity contribution in [3.05, 3.63) is 29.3 Å². The highest BCUT2D eigenvalue weighted by Gasteiger charge is 2.33. The average Bonchev–Trinajstić information content (AvgIpc) is 2.37. The molecule has 22 heavy (non-hydrogen) atoms. The first kappa shape index (κ1) is 16.3. The molecule has 0 fully saturated rings. The van der Waals surface area contributed by atoms with Crippen LogP contribution in [0.4, 0.5) is 10.5 Å². The van der Waals surface area contributed by atoms with Crippen LogP contribution in [0.15, 0.2) is 18.2 Å². The number of hydrogen-bond donors (Lipinski definition) is 1. The summed E-state index contributed by atoms with van der Waals surface area (Å²) >= 11 is 0. The third-order valence-electron chi connectivity index (χ3n) is 3.81. The second-order valence-corrected chi connectivity index (χ2v) is 6.19. The SMILES string of the molecule is CC(=O)N1c2ccc(C)cc2[C@H](NC(=O)OC(C)C)C[C@@H]1C. The maximum absolute atomic E-state index is 11.9. The Balaban J connectivity index is 2.33. The lowest BCUT2D eigenvalue weighted by Crippen LogP contribution is -2.45. The molecule has 1 N–H and O–H groups in total. The molecule has 0 saturated carbocycles. The van der Waals surface area contributed by atoms with Crippen LogP contribution in [0.5, 0.6) is 0 Å². The van der Waals surface area contributed by atoms with Crippen LogP contribution in [-0.4, -0.2) is 24.1 Å². The number of amides is 2. The highest BCUT2D eigenvalue weighted by molar-refractivity contribution is 5.93. The third-order valence-corrected chi connectivity index (χ3v) is 3.81. The molecule has 2 rings (SSSR count). The number of fused-ring (bicyclic) bond motifs is 1. The summed E-state index contributed by atoms with van der Waals surface area (Å²) < 4.78 is 5.18. The molecule has 0 spiro atoms. The second-order valence-electron chi connectivity index (χ2n) is 6.19. The Labute approximate surface area is 131 Å². The van der Waals surface area contributed by atoms with Crippen LogP contribution in [0.1, 0.15) is 51.3 Å². The summed E-state index contributed by atoms with van der Waals surface area (Å²) in [6.45, 7) is 9.20. The van der Waals surface area contributed by atoms with Gasteiger partial charge in [-0.05, 0) is 45.7 Å². The van der Waals surface area contributed by atoms with Gasteiger partial charge < -0.3 is 15.0 Å². The molecular formula is C17H24N2O3. The van der Waals surface area contributed by atoms with Crippen LogP contribution >= 0.6 is 0 Å². The molecule has 0 radical (unpaired) electrons. The molecule has 1 aromatic carbocycles. The van der Waals surface area contributed by atoms with Crippen molar-refractivity contribution in [2.45, 2.75) is 59.2 Å². The van der Waals surface area contributed by atoms with Gasteiger partial charge in [0.05, 0.1) is 12.1 Å². The highest BCUT2D eigenvalue weighted by atomic mass is 16.6. The normalized spacial score (nSPS) is 20.5. The van der Waals surface area contributed by atoms with E-state index in [0.29, 0.717) is 6.42 Å². The van der Waals surface area contributed by atoms with E-state index in [1.165, 1.54) is 0 Å². The van der Waals surface area contributed by atoms with E-state index in [-0.39, 0.29) is 24.1 Å². The van der Waals surface area contributed by atoms with Gasteiger partial charge in [-0.3, -0.25) is 4.79 Å². The lowest BCUT2D eigenvalue weighted by atomic mass is 9.90. The van der Waals surface area contributed by atoms with Gasteiger partial charge in [0.1, 0.15) is 0 Å². The van der Waals surface area contributed by atoms with Crippen LogP contribution in [0.2, 0.25) is 0 Å². The zero-order valence-electron chi connectivity index (χ0n) is 13.8. The zero-order chi connectivity index (χ0) is 16.4. The van der Waals surface area contributed by atoms with E-state index in [9.17, 15) is 9.59 Å². The number of carbonyl (C=O) groups is 2. The first-order chi connectivity index (χ1) is 10.3. The second kappa shape index (κ2) is 6.38. The molecular weight excluding hydrogens is 280 g/mol. The molecule has 1 heterocycles. The molecule has 1 aromatic rings. The number of nitrogens with one attached hydrogen (secondary N) is 1. The van der Waals surface area contributed by atoms with Crippen LogP contribution < -0.4 is 10.2 Å². The molecule has 120 valence electrons. The fourth-order valence-electron chi connectivity index (χ4n) is 2.99. The van der Waals surface area contributed by atoms with E-state index >= 15 is 0 Å². The number of anilines is 1. The van der Waals surface area contributed by atoms with E-state index in [0.717, 1.165) is 16.8 Å². The minimum atomic E-state index is -0.420. The largest absolute Gasteiger partial charge is 0.447 e. The van der Waals surface area contributed by atoms with Crippen molar-refractivity contribution >= 4 is 17.7 Å². The van der Waals surface area contributed by atoms with Gasteiger partial charge in [-0.2, -0.15) is 0 Å². The monoisotopic (exact) mass is 304 g/mol. The summed E-state index contributed by atoms with van der Waals surface area (Å²) in [4.78, 5) is 25.7. The Morgan fingerprint density at radius 1 is 1.36 bits per heavy atom. The van der Waals surface area contributed by atoms with Crippen molar-refractivity contribution in [2.24, 2.45) is 0 Å². The van der Waals surface area contributed by atoms with Crippen molar-refractivity contribution in [3.8, 4) is 0 Å². The van der Waals surface area contributed by atoms with Crippen LogP contribution in [0, 0.1) is 6.92 Å². The summed E-state index contributed by atoms with van der Waals surface area (Å²) in [6, 6.07) is 5.83. The van der Waals surface area contributed by atoms with Gasteiger partial charge in [-0.25, -0.2) is 4.79 Å². The molecule has 0 bridgehead atoms. The molecule has 2 amide bonds. The predicted molar refractivity (Wildman–Crippen MR) is 85.9 cm³/mol. The van der Waals surface area contributed by atoms with Crippen LogP contribution in [0.3, 0.4) is 0 Å². The number of aryl methyl sites for hydroxylation is 1. The van der Waals surface area contributed by atoms with Crippen molar-refractivity contribution in [1.29, 1.82) is 0 Å². The van der Waals surface area contributed by atoms with Gasteiger partial charge in [0.15, 0.2) is 0 Å². The molecule has 5 nitrogen and oxygen atoms in total. The average molecular weight is 304 g/mol. The molecule has 0 unspecified atom stereocenters. The number of ether oxygens (including phenoxy) is 1. The van der Waals surface area contributed by atoms with Crippen LogP contribution in [0.25, 0.3) is 0 Å². The Morgan fingerprint density at radius 3 is 2.64 bits per heavy atom. The molecule has 1 aliphatic rings. The zero-order valence-corrected chi connectivity index (χ0v) is 13.8. The quantitative estimate of drug-likeness (QED) is 0.912. The summed E-state index contributed by atoms with van der Waals surface area (Å²) in [5.74, 6) is 0.0146. The maximum Gasteiger partial charge on any atom is 0.407 e. The third kappa shape index (κ3) is 3.40. The highest BCUT2D eigenvalue weighted by Crippen LogP contribution is 2.37. The van der Waals surface area contributed by atoms with E-state index in [4.69, 9.17) is 4.74 Å². The standard InChI is InChI=1S/C17H24N2O3/c1-10(2)22-17(21)18-15-9-12(4)19(13(5)20)16-7-6-11(3)8-14(15)16/h6-8,10,12,15H,9H2,1-5H3,(H,18,21)/t12-,15+/m0/s1. The fourth-order valence-corrected chi connectivity index (χ4v) is 2.99. The lowest BCUT2D eigenvalue weighted by Gasteiger charge is -2.39. The summed E-state index contributed by atoms with van der Waals surface area (Å²) in [5, 5.41) is 2.92. The minimum absolute atomic E-state index is 0.0146. The smallest absolute Gasteiger partial charge is 0.407 e. The van der Waals surface area contributed by atoms with Crippen molar-refractivity contribution in [3.63, 3.8) is 0 Å². The van der Waals surface area contributed by atoms with Gasteiger partial charge in [0.2, 0.25) is 5.91 Å². The number of hydrogen-bond acceptors (Lipinski definition) is 3.